The molecule has 0 unspecified atom stereocenters. The summed E-state index contributed by atoms with van der Waals surface area (Å²) >= 11 is 1.89. The Morgan fingerprint density at radius 3 is 2.23 bits per heavy atom. The van der Waals surface area contributed by atoms with Gasteiger partial charge in [-0.05, 0) is 18.1 Å². The highest BCUT2D eigenvalue weighted by Gasteiger charge is 1.95. The second-order valence-electron chi connectivity index (χ2n) is 2.89. The average molecular weight is 197 g/mol. The van der Waals surface area contributed by atoms with E-state index in [4.69, 9.17) is 0 Å². The lowest BCUT2D eigenvalue weighted by Gasteiger charge is -2.02. The molecular formula is C11H19NS. The molecule has 1 rings (SSSR count). The van der Waals surface area contributed by atoms with Gasteiger partial charge in [-0.25, -0.2) is 0 Å². The minimum atomic E-state index is 0.758. The van der Waals surface area contributed by atoms with Crippen molar-refractivity contribution in [1.29, 1.82) is 0 Å². The fourth-order valence-electron chi connectivity index (χ4n) is 0.697. The molecule has 0 radical (unpaired) electrons. The maximum absolute atomic E-state index is 3.96. The molecule has 1 nitrogen and oxygen atoms in total. The van der Waals surface area contributed by atoms with E-state index in [2.05, 4.69) is 18.8 Å². The van der Waals surface area contributed by atoms with Crippen LogP contribution in [-0.2, 0) is 0 Å². The van der Waals surface area contributed by atoms with E-state index in [9.17, 15) is 0 Å². The molecular weight excluding hydrogens is 178 g/mol. The highest BCUT2D eigenvalue weighted by atomic mass is 32.2. The third-order valence-electron chi connectivity index (χ3n) is 1.23. The van der Waals surface area contributed by atoms with Crippen LogP contribution in [0.2, 0.25) is 0 Å². The summed E-state index contributed by atoms with van der Waals surface area (Å²) in [5.74, 6) is 1.94. The zero-order chi connectivity index (χ0) is 10.1. The van der Waals surface area contributed by atoms with Gasteiger partial charge < -0.3 is 0 Å². The van der Waals surface area contributed by atoms with Gasteiger partial charge in [-0.2, -0.15) is 0 Å². The van der Waals surface area contributed by atoms with Crippen molar-refractivity contribution in [2.75, 3.05) is 5.75 Å². The molecule has 1 heterocycles. The Morgan fingerprint density at radius 2 is 1.77 bits per heavy atom. The Hall–Kier alpha value is -0.500. The molecule has 0 saturated heterocycles. The van der Waals surface area contributed by atoms with Crippen molar-refractivity contribution in [3.63, 3.8) is 0 Å². The van der Waals surface area contributed by atoms with E-state index < -0.39 is 0 Å². The molecule has 0 aromatic carbocycles. The first-order valence-corrected chi connectivity index (χ1v) is 5.80. The number of pyridine rings is 1. The summed E-state index contributed by atoms with van der Waals surface area (Å²) < 4.78 is 0. The number of rotatable bonds is 3. The summed E-state index contributed by atoms with van der Waals surface area (Å²) in [5, 5.41) is 0. The van der Waals surface area contributed by atoms with Crippen LogP contribution in [0.1, 0.15) is 27.7 Å². The lowest BCUT2D eigenvalue weighted by atomic mass is 10.3. The minimum Gasteiger partial charge on any atom is -0.265 e. The zero-order valence-electron chi connectivity index (χ0n) is 8.95. The molecule has 0 saturated carbocycles. The number of thioether (sulfide) groups is 1. The van der Waals surface area contributed by atoms with Crippen LogP contribution in [-0.4, -0.2) is 10.7 Å². The molecule has 0 amide bonds. The lowest BCUT2D eigenvalue weighted by molar-refractivity contribution is 0.750. The van der Waals surface area contributed by atoms with E-state index >= 15 is 0 Å². The molecule has 0 fully saturated rings. The van der Waals surface area contributed by atoms with Crippen molar-refractivity contribution in [2.24, 2.45) is 5.92 Å². The first-order valence-electron chi connectivity index (χ1n) is 4.82. The smallest absolute Gasteiger partial charge is 0.0278 e. The lowest BCUT2D eigenvalue weighted by Crippen LogP contribution is -1.89. The van der Waals surface area contributed by atoms with Crippen LogP contribution < -0.4 is 0 Å². The van der Waals surface area contributed by atoms with Crippen LogP contribution in [0.15, 0.2) is 29.4 Å². The van der Waals surface area contributed by atoms with Crippen molar-refractivity contribution in [2.45, 2.75) is 32.6 Å². The molecule has 0 aliphatic rings. The fraction of sp³-hybridized carbons (Fsp3) is 0.545. The number of nitrogens with zero attached hydrogens (tertiary/aromatic N) is 1. The van der Waals surface area contributed by atoms with Gasteiger partial charge in [0.15, 0.2) is 0 Å². The Bertz CT molecular complexity index is 197. The Labute approximate surface area is 86.0 Å². The molecule has 1 aromatic rings. The van der Waals surface area contributed by atoms with Crippen LogP contribution >= 0.6 is 11.8 Å². The number of aromatic nitrogens is 1. The Kier molecular flexibility index (Phi) is 7.80. The second-order valence-corrected chi connectivity index (χ2v) is 3.98. The second kappa shape index (κ2) is 8.11. The van der Waals surface area contributed by atoms with Crippen LogP contribution in [0.3, 0.4) is 0 Å². The predicted molar refractivity (Wildman–Crippen MR) is 61.1 cm³/mol. The van der Waals surface area contributed by atoms with Gasteiger partial charge in [-0.15, -0.1) is 11.8 Å². The molecule has 0 aliphatic carbocycles. The van der Waals surface area contributed by atoms with Crippen molar-refractivity contribution >= 4 is 11.8 Å². The van der Waals surface area contributed by atoms with Crippen LogP contribution in [0.25, 0.3) is 0 Å². The third-order valence-corrected chi connectivity index (χ3v) is 2.67. The summed E-state index contributed by atoms with van der Waals surface area (Å²) in [6.07, 6.45) is 3.67. The van der Waals surface area contributed by atoms with Crippen molar-refractivity contribution in [3.05, 3.63) is 24.5 Å². The summed E-state index contributed by atoms with van der Waals surface area (Å²) in [7, 11) is 0. The van der Waals surface area contributed by atoms with Gasteiger partial charge in [0.2, 0.25) is 0 Å². The maximum Gasteiger partial charge on any atom is 0.0278 e. The van der Waals surface area contributed by atoms with Crippen molar-refractivity contribution in [3.8, 4) is 0 Å². The minimum absolute atomic E-state index is 0.758. The highest BCUT2D eigenvalue weighted by molar-refractivity contribution is 7.99. The first kappa shape index (κ1) is 12.5. The number of hydrogen-bond donors (Lipinski definition) is 0. The van der Waals surface area contributed by atoms with E-state index in [-0.39, 0.29) is 0 Å². The summed E-state index contributed by atoms with van der Waals surface area (Å²) in [4.78, 5) is 5.27. The van der Waals surface area contributed by atoms with Gasteiger partial charge in [0.05, 0.1) is 0 Å². The van der Waals surface area contributed by atoms with Gasteiger partial charge in [0, 0.05) is 23.0 Å². The highest BCUT2D eigenvalue weighted by Crippen LogP contribution is 2.18. The van der Waals surface area contributed by atoms with Gasteiger partial charge in [0.1, 0.15) is 0 Å². The molecule has 13 heavy (non-hydrogen) atoms. The Morgan fingerprint density at radius 1 is 1.23 bits per heavy atom. The van der Waals surface area contributed by atoms with Gasteiger partial charge in [0.25, 0.3) is 0 Å². The number of hydrogen-bond acceptors (Lipinski definition) is 2. The molecule has 0 N–H and O–H groups in total. The van der Waals surface area contributed by atoms with E-state index in [1.54, 1.807) is 0 Å². The predicted octanol–water partition coefficient (Wildman–Crippen LogP) is 3.86. The third kappa shape index (κ3) is 6.64. The standard InChI is InChI=1S/C9H13NS.C2H6/c1-8(2)7-11-9-3-5-10-6-4-9;1-2/h3-6,8H,7H2,1-2H3;1-2H3. The topological polar surface area (TPSA) is 12.9 Å². The molecule has 0 spiro atoms. The molecule has 0 atom stereocenters. The summed E-state index contributed by atoms with van der Waals surface area (Å²) in [6, 6.07) is 4.10. The van der Waals surface area contributed by atoms with Crippen molar-refractivity contribution in [1.82, 2.24) is 4.98 Å². The summed E-state index contributed by atoms with van der Waals surface area (Å²) in [6.45, 7) is 8.46. The Balaban J connectivity index is 0.000000671. The van der Waals surface area contributed by atoms with Gasteiger partial charge in [-0.1, -0.05) is 27.7 Å². The zero-order valence-corrected chi connectivity index (χ0v) is 9.77. The largest absolute Gasteiger partial charge is 0.265 e. The maximum atomic E-state index is 3.96. The normalized spacial score (nSPS) is 9.31. The molecule has 74 valence electrons. The molecule has 1 aromatic heterocycles. The molecule has 2 heteroatoms. The van der Waals surface area contributed by atoms with Crippen molar-refractivity contribution < 1.29 is 0 Å². The quantitative estimate of drug-likeness (QED) is 0.682. The molecule has 0 aliphatic heterocycles. The van der Waals surface area contributed by atoms with E-state index in [0.717, 1.165) is 5.92 Å². The summed E-state index contributed by atoms with van der Waals surface area (Å²) in [5.41, 5.74) is 0. The van der Waals surface area contributed by atoms with E-state index in [1.165, 1.54) is 10.6 Å². The first-order chi connectivity index (χ1) is 6.29. The van der Waals surface area contributed by atoms with Crippen LogP contribution in [0, 0.1) is 5.92 Å². The van der Waals surface area contributed by atoms with Gasteiger partial charge in [-0.3, -0.25) is 4.98 Å². The monoisotopic (exact) mass is 197 g/mol. The fourth-order valence-corrected chi connectivity index (χ4v) is 1.54. The van der Waals surface area contributed by atoms with E-state index in [1.807, 2.05) is 50.1 Å². The van der Waals surface area contributed by atoms with E-state index in [0.29, 0.717) is 0 Å². The van der Waals surface area contributed by atoms with Crippen LogP contribution in [0.5, 0.6) is 0 Å². The van der Waals surface area contributed by atoms with Gasteiger partial charge >= 0.3 is 0 Å². The average Bonchev–Trinajstić information content (AvgIpc) is 2.19. The SMILES string of the molecule is CC.CC(C)CSc1ccncc1. The molecule has 0 bridgehead atoms. The van der Waals surface area contributed by atoms with Crippen LogP contribution in [0.4, 0.5) is 0 Å².